The molecule has 33 heavy (non-hydrogen) atoms. The van der Waals surface area contributed by atoms with E-state index in [-0.39, 0.29) is 17.1 Å². The van der Waals surface area contributed by atoms with Crippen molar-refractivity contribution in [3.8, 4) is 5.75 Å². The van der Waals surface area contributed by atoms with Gasteiger partial charge in [0.05, 0.1) is 0 Å². The average Bonchev–Trinajstić information content (AvgIpc) is 2.76. The molecule has 1 amide bonds. The molecule has 5 heteroatoms. The van der Waals surface area contributed by atoms with Crippen LogP contribution in [0.15, 0.2) is 60.7 Å². The highest BCUT2D eigenvalue weighted by atomic mass is 35.5. The first-order valence-corrected chi connectivity index (χ1v) is 11.3. The minimum Gasteiger partial charge on any atom is -0.481 e. The number of nitrogens with one attached hydrogen (secondary N) is 1. The van der Waals surface area contributed by atoms with Crippen LogP contribution in [0, 0.1) is 13.8 Å². The molecule has 0 aliphatic carbocycles. The average molecular weight is 464 g/mol. The maximum absolute atomic E-state index is 13.0. The largest absolute Gasteiger partial charge is 0.481 e. The Hall–Kier alpha value is -3.11. The predicted octanol–water partition coefficient (Wildman–Crippen LogP) is 6.89. The maximum Gasteiger partial charge on any atom is 0.265 e. The van der Waals surface area contributed by atoms with Gasteiger partial charge in [0.25, 0.3) is 5.91 Å². The lowest BCUT2D eigenvalue weighted by molar-refractivity contribution is -0.122. The van der Waals surface area contributed by atoms with Crippen LogP contribution in [0.2, 0.25) is 5.02 Å². The molecular formula is C28H30ClNO3. The number of hydrogen-bond acceptors (Lipinski definition) is 3. The highest BCUT2D eigenvalue weighted by molar-refractivity contribution is 6.32. The van der Waals surface area contributed by atoms with Crippen molar-refractivity contribution in [2.24, 2.45) is 0 Å². The van der Waals surface area contributed by atoms with Crippen molar-refractivity contribution in [2.75, 3.05) is 5.32 Å². The van der Waals surface area contributed by atoms with Crippen LogP contribution < -0.4 is 10.1 Å². The highest BCUT2D eigenvalue weighted by Crippen LogP contribution is 2.27. The van der Waals surface area contributed by atoms with E-state index in [9.17, 15) is 9.59 Å². The minimum absolute atomic E-state index is 0.0218. The number of carbonyl (C=O) groups is 2. The molecule has 4 nitrogen and oxygen atoms in total. The van der Waals surface area contributed by atoms with E-state index in [0.717, 1.165) is 11.1 Å². The van der Waals surface area contributed by atoms with Gasteiger partial charge in [-0.2, -0.15) is 0 Å². The topological polar surface area (TPSA) is 55.4 Å². The van der Waals surface area contributed by atoms with Gasteiger partial charge in [-0.3, -0.25) is 9.59 Å². The van der Waals surface area contributed by atoms with Gasteiger partial charge in [0.1, 0.15) is 5.75 Å². The van der Waals surface area contributed by atoms with Crippen LogP contribution in [0.25, 0.3) is 0 Å². The fraction of sp³-hybridized carbons (Fsp3) is 0.286. The van der Waals surface area contributed by atoms with Crippen LogP contribution >= 0.6 is 11.6 Å². The zero-order valence-corrected chi connectivity index (χ0v) is 20.7. The normalized spacial score (nSPS) is 12.2. The number of ether oxygens (including phenoxy) is 1. The molecule has 0 saturated heterocycles. The first-order valence-electron chi connectivity index (χ1n) is 11.0. The molecule has 1 N–H and O–H groups in total. The Balaban J connectivity index is 1.70. The van der Waals surface area contributed by atoms with Crippen molar-refractivity contribution < 1.29 is 14.3 Å². The van der Waals surface area contributed by atoms with E-state index < -0.39 is 6.10 Å². The van der Waals surface area contributed by atoms with Gasteiger partial charge >= 0.3 is 0 Å². The predicted molar refractivity (Wildman–Crippen MR) is 135 cm³/mol. The zero-order chi connectivity index (χ0) is 24.3. The van der Waals surface area contributed by atoms with Gasteiger partial charge < -0.3 is 10.1 Å². The molecule has 172 valence electrons. The molecule has 0 aliphatic rings. The second-order valence-corrected chi connectivity index (χ2v) is 9.74. The first kappa shape index (κ1) is 24.5. The Bertz CT molecular complexity index is 1150. The van der Waals surface area contributed by atoms with E-state index in [1.54, 1.807) is 31.2 Å². The molecular weight excluding hydrogens is 434 g/mol. The Labute approximate surface area is 200 Å². The molecule has 0 spiro atoms. The van der Waals surface area contributed by atoms with Gasteiger partial charge in [-0.1, -0.05) is 68.8 Å². The number of amides is 1. The summed E-state index contributed by atoms with van der Waals surface area (Å²) in [4.78, 5) is 25.7. The van der Waals surface area contributed by atoms with Crippen molar-refractivity contribution in [1.82, 2.24) is 0 Å². The summed E-state index contributed by atoms with van der Waals surface area (Å²) in [6, 6.07) is 18.2. The van der Waals surface area contributed by atoms with E-state index in [4.69, 9.17) is 16.3 Å². The number of carbonyl (C=O) groups excluding carboxylic acids is 2. The van der Waals surface area contributed by atoms with Crippen molar-refractivity contribution in [3.05, 3.63) is 93.5 Å². The van der Waals surface area contributed by atoms with Crippen LogP contribution in [0.3, 0.4) is 0 Å². The summed E-state index contributed by atoms with van der Waals surface area (Å²) in [5.41, 5.74) is 4.62. The molecule has 1 atom stereocenters. The smallest absolute Gasteiger partial charge is 0.265 e. The molecule has 0 aromatic heterocycles. The molecule has 0 radical (unpaired) electrons. The summed E-state index contributed by atoms with van der Waals surface area (Å²) in [6.45, 7) is 11.9. The fourth-order valence-corrected chi connectivity index (χ4v) is 3.61. The van der Waals surface area contributed by atoms with Gasteiger partial charge in [-0.05, 0) is 67.1 Å². The standard InChI is InChI=1S/C28H30ClNO3/c1-17-14-24(15-18(2)25(17)29)33-19(3)27(32)30-23-9-7-8-21(16-23)26(31)20-10-12-22(13-11-20)28(4,5)6/h7-16,19H,1-6H3,(H,30,32)/t19-/m0/s1. The molecule has 3 aromatic rings. The summed E-state index contributed by atoms with van der Waals surface area (Å²) < 4.78 is 5.81. The second kappa shape index (κ2) is 9.80. The van der Waals surface area contributed by atoms with E-state index >= 15 is 0 Å². The summed E-state index contributed by atoms with van der Waals surface area (Å²) in [5.74, 6) is 0.182. The summed E-state index contributed by atoms with van der Waals surface area (Å²) in [7, 11) is 0. The minimum atomic E-state index is -0.728. The van der Waals surface area contributed by atoms with Crippen molar-refractivity contribution in [2.45, 2.75) is 53.1 Å². The Morgan fingerprint density at radius 3 is 2.09 bits per heavy atom. The SMILES string of the molecule is Cc1cc(O[C@@H](C)C(=O)Nc2cccc(C(=O)c3ccc(C(C)(C)C)cc3)c2)cc(C)c1Cl. The third-order valence-electron chi connectivity index (χ3n) is 5.50. The number of ketones is 1. The Morgan fingerprint density at radius 1 is 0.909 bits per heavy atom. The van der Waals surface area contributed by atoms with Crippen LogP contribution in [-0.4, -0.2) is 17.8 Å². The zero-order valence-electron chi connectivity index (χ0n) is 20.0. The van der Waals surface area contributed by atoms with Gasteiger partial charge in [-0.15, -0.1) is 0 Å². The Kier molecular flexibility index (Phi) is 7.28. The number of aryl methyl sites for hydroxylation is 2. The third-order valence-corrected chi connectivity index (χ3v) is 6.09. The number of rotatable bonds is 6. The van der Waals surface area contributed by atoms with Crippen molar-refractivity contribution >= 4 is 29.0 Å². The monoisotopic (exact) mass is 463 g/mol. The molecule has 3 aromatic carbocycles. The van der Waals surface area contributed by atoms with Gasteiger partial charge in [0.15, 0.2) is 11.9 Å². The number of halogens is 1. The van der Waals surface area contributed by atoms with E-state index in [2.05, 4.69) is 26.1 Å². The quantitative estimate of drug-likeness (QED) is 0.405. The number of benzene rings is 3. The second-order valence-electron chi connectivity index (χ2n) is 9.36. The molecule has 3 rings (SSSR count). The highest BCUT2D eigenvalue weighted by Gasteiger charge is 2.18. The lowest BCUT2D eigenvalue weighted by Crippen LogP contribution is -2.30. The number of hydrogen-bond donors (Lipinski definition) is 1. The van der Waals surface area contributed by atoms with Crippen molar-refractivity contribution in [3.63, 3.8) is 0 Å². The maximum atomic E-state index is 13.0. The van der Waals surface area contributed by atoms with Crippen LogP contribution in [0.5, 0.6) is 5.75 Å². The molecule has 0 heterocycles. The molecule has 0 aliphatic heterocycles. The van der Waals surface area contributed by atoms with Crippen LogP contribution in [0.4, 0.5) is 5.69 Å². The fourth-order valence-electron chi connectivity index (χ4n) is 3.50. The molecule has 0 saturated carbocycles. The van der Waals surface area contributed by atoms with Gasteiger partial charge in [0, 0.05) is 21.8 Å². The van der Waals surface area contributed by atoms with Crippen LogP contribution in [0.1, 0.15) is 60.3 Å². The van der Waals surface area contributed by atoms with E-state index in [1.807, 2.05) is 50.2 Å². The lowest BCUT2D eigenvalue weighted by Gasteiger charge is -2.19. The van der Waals surface area contributed by atoms with Crippen LogP contribution in [-0.2, 0) is 10.2 Å². The van der Waals surface area contributed by atoms with Crippen molar-refractivity contribution in [1.29, 1.82) is 0 Å². The van der Waals surface area contributed by atoms with Gasteiger partial charge in [0.2, 0.25) is 0 Å². The molecule has 0 unspecified atom stereocenters. The summed E-state index contributed by atoms with van der Waals surface area (Å²) >= 11 is 6.21. The van der Waals surface area contributed by atoms with E-state index in [1.165, 1.54) is 5.56 Å². The number of anilines is 1. The summed E-state index contributed by atoms with van der Waals surface area (Å²) in [5, 5.41) is 3.52. The molecule has 0 fully saturated rings. The third kappa shape index (κ3) is 6.02. The molecule has 0 bridgehead atoms. The van der Waals surface area contributed by atoms with Gasteiger partial charge in [-0.25, -0.2) is 0 Å². The summed E-state index contributed by atoms with van der Waals surface area (Å²) in [6.07, 6.45) is -0.728. The lowest BCUT2D eigenvalue weighted by atomic mass is 9.86. The van der Waals surface area contributed by atoms with E-state index in [0.29, 0.717) is 27.6 Å². The first-order chi connectivity index (χ1) is 15.5. The Morgan fingerprint density at radius 2 is 1.52 bits per heavy atom.